The molecule has 0 amide bonds. The summed E-state index contributed by atoms with van der Waals surface area (Å²) in [5, 5.41) is 0. The van der Waals surface area contributed by atoms with Crippen LogP contribution in [0.25, 0.3) is 0 Å². The Bertz CT molecular complexity index is 835. The highest BCUT2D eigenvalue weighted by molar-refractivity contribution is 7.90. The number of aromatic nitrogens is 2. The summed E-state index contributed by atoms with van der Waals surface area (Å²) in [6.07, 6.45) is 8.93. The molecule has 0 atom stereocenters. The summed E-state index contributed by atoms with van der Waals surface area (Å²) in [5.41, 5.74) is 0.382. The fourth-order valence-electron chi connectivity index (χ4n) is 2.44. The van der Waals surface area contributed by atoms with Gasteiger partial charge in [0.2, 0.25) is 0 Å². The molecule has 2 aliphatic heterocycles. The van der Waals surface area contributed by atoms with Crippen molar-refractivity contribution in [3.8, 4) is 0 Å². The Morgan fingerprint density at radius 1 is 1.38 bits per heavy atom. The van der Waals surface area contributed by atoms with E-state index in [0.29, 0.717) is 24.4 Å². The molecule has 0 N–H and O–H groups in total. The molecule has 2 aliphatic rings. The van der Waals surface area contributed by atoms with Crippen LogP contribution < -0.4 is 0 Å². The quantitative estimate of drug-likeness (QED) is 0.571. The van der Waals surface area contributed by atoms with E-state index in [2.05, 4.69) is 9.38 Å². The van der Waals surface area contributed by atoms with Crippen LogP contribution in [0.5, 0.6) is 0 Å². The van der Waals surface area contributed by atoms with Gasteiger partial charge < -0.3 is 14.2 Å². The third-order valence-electron chi connectivity index (χ3n) is 3.76. The van der Waals surface area contributed by atoms with Crippen molar-refractivity contribution in [1.29, 1.82) is 0 Å². The van der Waals surface area contributed by atoms with Crippen molar-refractivity contribution in [2.24, 2.45) is 4.40 Å². The molecule has 0 spiro atoms. The normalized spacial score (nSPS) is 18.6. The minimum Gasteiger partial charge on any atom is -0.462 e. The lowest BCUT2D eigenvalue weighted by molar-refractivity contribution is -0.138. The van der Waals surface area contributed by atoms with Gasteiger partial charge in [0.1, 0.15) is 11.7 Å². The third kappa shape index (κ3) is 3.73. The molecule has 8 nitrogen and oxygen atoms in total. The molecule has 9 heteroatoms. The van der Waals surface area contributed by atoms with Crippen molar-refractivity contribution in [2.75, 3.05) is 18.9 Å². The second kappa shape index (κ2) is 6.60. The van der Waals surface area contributed by atoms with Crippen molar-refractivity contribution in [3.05, 3.63) is 42.1 Å². The molecule has 3 heterocycles. The number of nitrogens with zero attached hydrogens (tertiary/aromatic N) is 4. The van der Waals surface area contributed by atoms with Gasteiger partial charge in [0.05, 0.1) is 17.9 Å². The number of amidine groups is 1. The average molecular weight is 350 g/mol. The SMILES string of the molecule is Cc1nccn1CCCOC(=O)C1=CN2CCS(=O)(=O)N=C2C=C1. The third-order valence-corrected chi connectivity index (χ3v) is 4.92. The van der Waals surface area contributed by atoms with Crippen molar-refractivity contribution < 1.29 is 17.9 Å². The summed E-state index contributed by atoms with van der Waals surface area (Å²) < 4.78 is 33.8. The molecule has 0 aromatic carbocycles. The minimum atomic E-state index is -3.39. The molecular weight excluding hydrogens is 332 g/mol. The first kappa shape index (κ1) is 16.4. The first-order valence-electron chi connectivity index (χ1n) is 7.59. The maximum absolute atomic E-state index is 12.1. The standard InChI is InChI=1S/C15H18N4O4S/c1-12-16-5-7-18(12)6-2-9-23-15(20)13-3-4-14-17-24(21,22)10-8-19(14)11-13/h3-5,7,11H,2,6,8-10H2,1H3. The van der Waals surface area contributed by atoms with E-state index in [1.54, 1.807) is 17.3 Å². The molecule has 128 valence electrons. The summed E-state index contributed by atoms with van der Waals surface area (Å²) in [6.45, 7) is 3.23. The highest BCUT2D eigenvalue weighted by Crippen LogP contribution is 2.16. The van der Waals surface area contributed by atoms with Crippen LogP contribution >= 0.6 is 0 Å². The Morgan fingerprint density at radius 3 is 2.96 bits per heavy atom. The first-order valence-corrected chi connectivity index (χ1v) is 9.19. The molecule has 0 fully saturated rings. The lowest BCUT2D eigenvalue weighted by atomic mass is 10.2. The fourth-order valence-corrected chi connectivity index (χ4v) is 3.41. The molecule has 0 unspecified atom stereocenters. The van der Waals surface area contributed by atoms with Crippen LogP contribution in [0.4, 0.5) is 0 Å². The van der Waals surface area contributed by atoms with Gasteiger partial charge in [0.25, 0.3) is 10.0 Å². The number of fused-ring (bicyclic) bond motifs is 1. The van der Waals surface area contributed by atoms with Gasteiger partial charge in [-0.3, -0.25) is 0 Å². The largest absolute Gasteiger partial charge is 0.462 e. The van der Waals surface area contributed by atoms with Crippen LogP contribution in [0.2, 0.25) is 0 Å². The number of imidazole rings is 1. The van der Waals surface area contributed by atoms with E-state index in [-0.39, 0.29) is 12.3 Å². The Kier molecular flexibility index (Phi) is 4.52. The van der Waals surface area contributed by atoms with Crippen LogP contribution in [0.1, 0.15) is 12.2 Å². The topological polar surface area (TPSA) is 93.9 Å². The second-order valence-corrected chi connectivity index (χ2v) is 7.26. The van der Waals surface area contributed by atoms with Crippen molar-refractivity contribution in [1.82, 2.24) is 14.5 Å². The minimum absolute atomic E-state index is 0.0621. The highest BCUT2D eigenvalue weighted by atomic mass is 32.2. The number of aryl methyl sites for hydroxylation is 2. The molecule has 0 saturated heterocycles. The maximum Gasteiger partial charge on any atom is 0.339 e. The number of ether oxygens (including phenoxy) is 1. The lowest BCUT2D eigenvalue weighted by Crippen LogP contribution is -2.37. The lowest BCUT2D eigenvalue weighted by Gasteiger charge is -2.26. The highest BCUT2D eigenvalue weighted by Gasteiger charge is 2.25. The zero-order valence-corrected chi connectivity index (χ0v) is 14.1. The summed E-state index contributed by atoms with van der Waals surface area (Å²) >= 11 is 0. The summed E-state index contributed by atoms with van der Waals surface area (Å²) in [4.78, 5) is 17.9. The van der Waals surface area contributed by atoms with Gasteiger partial charge in [-0.2, -0.15) is 0 Å². The number of esters is 1. The van der Waals surface area contributed by atoms with E-state index in [9.17, 15) is 13.2 Å². The zero-order valence-electron chi connectivity index (χ0n) is 13.3. The molecule has 0 aliphatic carbocycles. The van der Waals surface area contributed by atoms with E-state index in [1.807, 2.05) is 17.7 Å². The van der Waals surface area contributed by atoms with Gasteiger partial charge >= 0.3 is 5.97 Å². The van der Waals surface area contributed by atoms with Crippen molar-refractivity contribution >= 4 is 21.8 Å². The number of carbonyl (C=O) groups is 1. The monoisotopic (exact) mass is 350 g/mol. The van der Waals surface area contributed by atoms with Crippen LogP contribution in [0.3, 0.4) is 0 Å². The van der Waals surface area contributed by atoms with E-state index >= 15 is 0 Å². The molecule has 1 aromatic rings. The average Bonchev–Trinajstić information content (AvgIpc) is 2.95. The van der Waals surface area contributed by atoms with Gasteiger partial charge in [-0.1, -0.05) is 0 Å². The van der Waals surface area contributed by atoms with E-state index in [0.717, 1.165) is 12.4 Å². The summed E-state index contributed by atoms with van der Waals surface area (Å²) in [7, 11) is -3.39. The summed E-state index contributed by atoms with van der Waals surface area (Å²) in [6, 6.07) is 0. The van der Waals surface area contributed by atoms with E-state index in [4.69, 9.17) is 4.74 Å². The van der Waals surface area contributed by atoms with Crippen LogP contribution in [0.15, 0.2) is 40.7 Å². The second-order valence-electron chi connectivity index (χ2n) is 5.50. The molecule has 1 aromatic heterocycles. The molecule has 0 radical (unpaired) electrons. The molecule has 24 heavy (non-hydrogen) atoms. The van der Waals surface area contributed by atoms with Crippen molar-refractivity contribution in [3.63, 3.8) is 0 Å². The van der Waals surface area contributed by atoms with Crippen LogP contribution in [-0.2, 0) is 26.1 Å². The number of carbonyl (C=O) groups excluding carboxylic acids is 1. The van der Waals surface area contributed by atoms with Gasteiger partial charge in [-0.15, -0.1) is 4.40 Å². The van der Waals surface area contributed by atoms with Gasteiger partial charge in [-0.05, 0) is 25.5 Å². The molecule has 0 bridgehead atoms. The fraction of sp³-hybridized carbons (Fsp3) is 0.400. The molecule has 0 saturated carbocycles. The maximum atomic E-state index is 12.1. The number of hydrogen-bond acceptors (Lipinski definition) is 6. The number of sulfonamides is 1. The van der Waals surface area contributed by atoms with Crippen LogP contribution in [0, 0.1) is 6.92 Å². The Labute approximate surface area is 140 Å². The smallest absolute Gasteiger partial charge is 0.339 e. The Balaban J connectivity index is 1.52. The van der Waals surface area contributed by atoms with E-state index in [1.165, 1.54) is 12.2 Å². The van der Waals surface area contributed by atoms with Crippen molar-refractivity contribution in [2.45, 2.75) is 19.9 Å². The Morgan fingerprint density at radius 2 is 2.21 bits per heavy atom. The molecule has 3 rings (SSSR count). The zero-order chi connectivity index (χ0) is 17.2. The van der Waals surface area contributed by atoms with Gasteiger partial charge in [0.15, 0.2) is 0 Å². The summed E-state index contributed by atoms with van der Waals surface area (Å²) in [5.74, 6) is 0.758. The van der Waals surface area contributed by atoms with Gasteiger partial charge in [0, 0.05) is 31.7 Å². The number of hydrogen-bond donors (Lipinski definition) is 0. The predicted octanol–water partition coefficient (Wildman–Crippen LogP) is 0.622. The first-order chi connectivity index (χ1) is 11.4. The van der Waals surface area contributed by atoms with Crippen LogP contribution in [-0.4, -0.2) is 53.6 Å². The Hall–Kier alpha value is -2.42. The number of rotatable bonds is 5. The van der Waals surface area contributed by atoms with Gasteiger partial charge in [-0.25, -0.2) is 18.2 Å². The molecular formula is C15H18N4O4S. The predicted molar refractivity (Wildman–Crippen MR) is 87.7 cm³/mol. The van der Waals surface area contributed by atoms with E-state index < -0.39 is 16.0 Å².